The van der Waals surface area contributed by atoms with Gasteiger partial charge in [-0.15, -0.1) is 0 Å². The van der Waals surface area contributed by atoms with Crippen LogP contribution in [0.2, 0.25) is 0 Å². The van der Waals surface area contributed by atoms with Gasteiger partial charge in [0, 0.05) is 0 Å². The van der Waals surface area contributed by atoms with Crippen LogP contribution in [0.3, 0.4) is 0 Å². The number of hydrogen-bond acceptors (Lipinski definition) is 3. The zero-order chi connectivity index (χ0) is 20.6. The molecule has 2 unspecified atom stereocenters. The smallest absolute Gasteiger partial charge is 0.264 e. The molecule has 18 heteroatoms. The first-order valence-corrected chi connectivity index (χ1v) is 5.88. The van der Waals surface area contributed by atoms with Crippen molar-refractivity contribution in [3.63, 3.8) is 0 Å². The van der Waals surface area contributed by atoms with E-state index in [4.69, 9.17) is 0 Å². The summed E-state index contributed by atoms with van der Waals surface area (Å²) in [4.78, 5) is 0. The van der Waals surface area contributed by atoms with E-state index in [-0.39, 0.29) is 0 Å². The molecule has 0 heterocycles. The number of ether oxygens (including phenoxy) is 1. The van der Waals surface area contributed by atoms with E-state index in [1.165, 1.54) is 0 Å². The molecular weight excluding hydrogens is 430 g/mol. The van der Waals surface area contributed by atoms with Gasteiger partial charge < -0.3 is 0 Å². The average Bonchev–Trinajstić information content (AvgIpc) is 2.42. The molecule has 0 bridgehead atoms. The largest absolute Gasteiger partial charge is 0.455 e. The Kier molecular flexibility index (Phi) is 6.54. The van der Waals surface area contributed by atoms with Crippen LogP contribution in [0.4, 0.5) is 61.6 Å². The van der Waals surface area contributed by atoms with Crippen LogP contribution >= 0.6 is 0 Å². The van der Waals surface area contributed by atoms with Crippen molar-refractivity contribution in [3.8, 4) is 0 Å². The number of hydrogen-bond donors (Lipinski definition) is 0. The topological polar surface area (TPSA) is 35.5 Å². The molecule has 0 amide bonds. The molecule has 0 spiro atoms. The molecule has 150 valence electrons. The van der Waals surface area contributed by atoms with Gasteiger partial charge in [-0.2, -0.15) is 57.1 Å². The second-order valence-corrected chi connectivity index (χ2v) is 4.78. The lowest BCUT2D eigenvalue weighted by Crippen LogP contribution is -2.63. The molecule has 25 heavy (non-hydrogen) atoms. The van der Waals surface area contributed by atoms with Gasteiger partial charge in [0.05, 0.1) is 0 Å². The summed E-state index contributed by atoms with van der Waals surface area (Å²) in [6, 6.07) is 0. The standard InChI is InChI=1S/C7F14O3S/c8-1(2(9)10)3(11,12)4(13,5(14,15)16)23-6(17,18)7(19,20)25(22)24-21. The Morgan fingerprint density at radius 1 is 0.800 bits per heavy atom. The van der Waals surface area contributed by atoms with Gasteiger partial charge in [-0.25, -0.2) is 4.21 Å². The highest BCUT2D eigenvalue weighted by molar-refractivity contribution is 7.81. The fraction of sp³-hybridized carbons (Fsp3) is 0.714. The predicted octanol–water partition coefficient (Wildman–Crippen LogP) is 4.69. The third-order valence-electron chi connectivity index (χ3n) is 2.08. The van der Waals surface area contributed by atoms with Crippen LogP contribution in [0, 0.1) is 0 Å². The van der Waals surface area contributed by atoms with E-state index < -0.39 is 52.3 Å². The molecule has 0 aliphatic carbocycles. The van der Waals surface area contributed by atoms with E-state index in [9.17, 15) is 65.8 Å². The van der Waals surface area contributed by atoms with Gasteiger partial charge in [-0.3, -0.25) is 4.74 Å². The molecule has 0 radical (unpaired) electrons. The molecule has 0 aromatic heterocycles. The Labute approximate surface area is 128 Å². The Morgan fingerprint density at radius 3 is 1.48 bits per heavy atom. The number of alkyl halides is 10. The second kappa shape index (κ2) is 6.86. The zero-order valence-corrected chi connectivity index (χ0v) is 11.2. The van der Waals surface area contributed by atoms with Gasteiger partial charge in [-0.05, 0) is 4.53 Å². The Hall–Kier alpha value is -1.17. The van der Waals surface area contributed by atoms with Crippen LogP contribution in [0.15, 0.2) is 11.9 Å². The molecular formula is C7F14O3S. The molecule has 0 rings (SSSR count). The summed E-state index contributed by atoms with van der Waals surface area (Å²) in [5.74, 6) is -19.4. The van der Waals surface area contributed by atoms with Crippen LogP contribution in [0.5, 0.6) is 0 Å². The van der Waals surface area contributed by atoms with E-state index in [2.05, 4.69) is 0 Å². The van der Waals surface area contributed by atoms with E-state index in [1.54, 1.807) is 9.12 Å². The molecule has 0 aliphatic heterocycles. The second-order valence-electron chi connectivity index (χ2n) is 3.68. The summed E-state index contributed by atoms with van der Waals surface area (Å²) >= 11 is -5.22. The minimum Gasteiger partial charge on any atom is -0.264 e. The van der Waals surface area contributed by atoms with Crippen LogP contribution < -0.4 is 0 Å². The van der Waals surface area contributed by atoms with Crippen LogP contribution in [0.1, 0.15) is 0 Å². The van der Waals surface area contributed by atoms with Crippen molar-refractivity contribution < 1.29 is 74.9 Å². The van der Waals surface area contributed by atoms with Crippen molar-refractivity contribution in [1.82, 2.24) is 0 Å². The minimum atomic E-state index is -7.53. The van der Waals surface area contributed by atoms with E-state index >= 15 is 0 Å². The highest BCUT2D eigenvalue weighted by Crippen LogP contribution is 2.55. The first-order chi connectivity index (χ1) is 10.8. The molecule has 0 saturated heterocycles. The lowest BCUT2D eigenvalue weighted by molar-refractivity contribution is -0.473. The summed E-state index contributed by atoms with van der Waals surface area (Å²) < 4.78 is 187. The molecule has 0 aromatic carbocycles. The number of halogens is 14. The lowest BCUT2D eigenvalue weighted by Gasteiger charge is -2.36. The summed E-state index contributed by atoms with van der Waals surface area (Å²) in [5.41, 5.74) is 0. The molecule has 0 aromatic rings. The SMILES string of the molecule is O=S(OF)C(F)(F)C(F)(F)OC(F)(C(F)(F)F)C(F)(F)C(F)=C(F)F. The maximum atomic E-state index is 13.3. The van der Waals surface area contributed by atoms with E-state index in [0.29, 0.717) is 0 Å². The first kappa shape index (κ1) is 23.8. The van der Waals surface area contributed by atoms with E-state index in [0.717, 1.165) is 0 Å². The maximum Gasteiger partial charge on any atom is 0.455 e. The van der Waals surface area contributed by atoms with Crippen LogP contribution in [0.25, 0.3) is 0 Å². The molecule has 0 fully saturated rings. The monoisotopic (exact) mass is 430 g/mol. The summed E-state index contributed by atoms with van der Waals surface area (Å²) in [7, 11) is 0. The highest BCUT2D eigenvalue weighted by Gasteiger charge is 2.81. The lowest BCUT2D eigenvalue weighted by atomic mass is 10.1. The van der Waals surface area contributed by atoms with Crippen molar-refractivity contribution in [2.75, 3.05) is 0 Å². The molecule has 0 N–H and O–H groups in total. The van der Waals surface area contributed by atoms with Crippen LogP contribution in [-0.4, -0.2) is 33.5 Å². The summed E-state index contributed by atoms with van der Waals surface area (Å²) in [6.45, 7) is 0. The van der Waals surface area contributed by atoms with Gasteiger partial charge in [-0.1, -0.05) is 4.39 Å². The van der Waals surface area contributed by atoms with Crippen LogP contribution in [-0.2, 0) is 20.2 Å². The van der Waals surface area contributed by atoms with Gasteiger partial charge in [0.25, 0.3) is 11.1 Å². The van der Waals surface area contributed by atoms with E-state index in [1.807, 2.05) is 0 Å². The quantitative estimate of drug-likeness (QED) is 0.550. The fourth-order valence-corrected chi connectivity index (χ4v) is 1.25. The van der Waals surface area contributed by atoms with Crippen molar-refractivity contribution in [2.24, 2.45) is 0 Å². The van der Waals surface area contributed by atoms with Crippen molar-refractivity contribution in [2.45, 2.75) is 29.3 Å². The predicted molar refractivity (Wildman–Crippen MR) is 46.5 cm³/mol. The fourth-order valence-electron chi connectivity index (χ4n) is 0.932. The van der Waals surface area contributed by atoms with Crippen molar-refractivity contribution in [1.29, 1.82) is 0 Å². The third kappa shape index (κ3) is 3.99. The Balaban J connectivity index is 6.39. The zero-order valence-electron chi connectivity index (χ0n) is 10.4. The molecule has 0 saturated carbocycles. The molecule has 2 atom stereocenters. The molecule has 3 nitrogen and oxygen atoms in total. The van der Waals surface area contributed by atoms with Crippen molar-refractivity contribution in [3.05, 3.63) is 11.9 Å². The van der Waals surface area contributed by atoms with Gasteiger partial charge in [0.2, 0.25) is 5.83 Å². The summed E-state index contributed by atoms with van der Waals surface area (Å²) in [6.07, 6.45) is -19.1. The van der Waals surface area contributed by atoms with Gasteiger partial charge >= 0.3 is 35.4 Å². The summed E-state index contributed by atoms with van der Waals surface area (Å²) in [5, 5.41) is -6.76. The normalized spacial score (nSPS) is 17.8. The highest BCUT2D eigenvalue weighted by atomic mass is 32.2. The van der Waals surface area contributed by atoms with Gasteiger partial charge in [0.1, 0.15) is 0 Å². The minimum absolute atomic E-state index is 1.54. The average molecular weight is 430 g/mol. The van der Waals surface area contributed by atoms with Gasteiger partial charge in [0.15, 0.2) is 0 Å². The molecule has 0 aliphatic rings. The Bertz CT molecular complexity index is 551. The van der Waals surface area contributed by atoms with Crippen molar-refractivity contribution >= 4 is 11.1 Å². The Morgan fingerprint density at radius 2 is 1.20 bits per heavy atom. The maximum absolute atomic E-state index is 13.3. The third-order valence-corrected chi connectivity index (χ3v) is 2.85. The number of rotatable bonds is 7. The first-order valence-electron chi connectivity index (χ1n) is 4.81.